The van der Waals surface area contributed by atoms with E-state index in [2.05, 4.69) is 35.9 Å². The number of benzene rings is 3. The molecule has 1 aliphatic rings. The van der Waals surface area contributed by atoms with Gasteiger partial charge in [-0.2, -0.15) is 0 Å². The fourth-order valence-corrected chi connectivity index (χ4v) is 4.19. The Bertz CT molecular complexity index is 1230. The van der Waals surface area contributed by atoms with Gasteiger partial charge < -0.3 is 20.7 Å². The lowest BCUT2D eigenvalue weighted by molar-refractivity contribution is 0.0953. The number of fused-ring (bicyclic) bond motifs is 1. The molecule has 1 aliphatic heterocycles. The van der Waals surface area contributed by atoms with E-state index >= 15 is 0 Å². The summed E-state index contributed by atoms with van der Waals surface area (Å²) < 4.78 is 5.38. The van der Waals surface area contributed by atoms with Crippen LogP contribution in [0.5, 0.6) is 5.75 Å². The summed E-state index contributed by atoms with van der Waals surface area (Å²) in [7, 11) is 1.63. The summed E-state index contributed by atoms with van der Waals surface area (Å²) in [6.07, 6.45) is 2.48. The first-order valence-electron chi connectivity index (χ1n) is 11.7. The number of amides is 1. The molecule has 1 heterocycles. The van der Waals surface area contributed by atoms with Crippen molar-refractivity contribution >= 4 is 23.1 Å². The van der Waals surface area contributed by atoms with Gasteiger partial charge in [-0.3, -0.25) is 9.59 Å². The van der Waals surface area contributed by atoms with Gasteiger partial charge in [0, 0.05) is 52.8 Å². The summed E-state index contributed by atoms with van der Waals surface area (Å²) in [6.45, 7) is 5.34. The fourth-order valence-electron chi connectivity index (χ4n) is 4.19. The van der Waals surface area contributed by atoms with Crippen molar-refractivity contribution in [1.82, 2.24) is 10.6 Å². The van der Waals surface area contributed by atoms with Crippen LogP contribution in [0.1, 0.15) is 45.7 Å². The normalized spacial score (nSPS) is 15.0. The van der Waals surface area contributed by atoms with Crippen molar-refractivity contribution in [2.24, 2.45) is 0 Å². The van der Waals surface area contributed by atoms with Gasteiger partial charge in [0.05, 0.1) is 7.11 Å². The third-order valence-electron chi connectivity index (χ3n) is 5.93. The molecule has 0 fully saturated rings. The van der Waals surface area contributed by atoms with Crippen LogP contribution in [0.4, 0.5) is 5.69 Å². The molecular weight excluding hydrogens is 438 g/mol. The van der Waals surface area contributed by atoms with Gasteiger partial charge in [0.2, 0.25) is 0 Å². The molecule has 0 bridgehead atoms. The molecular formula is C29H31N3O3. The van der Waals surface area contributed by atoms with Crippen molar-refractivity contribution < 1.29 is 14.3 Å². The van der Waals surface area contributed by atoms with Crippen LogP contribution in [0.15, 0.2) is 78.9 Å². The lowest BCUT2D eigenvalue weighted by atomic mass is 9.85. The Labute approximate surface area is 206 Å². The van der Waals surface area contributed by atoms with Crippen LogP contribution in [0.2, 0.25) is 0 Å². The number of ketones is 1. The van der Waals surface area contributed by atoms with Crippen molar-refractivity contribution in [1.29, 1.82) is 0 Å². The summed E-state index contributed by atoms with van der Waals surface area (Å²) in [5, 5.41) is 9.63. The number of allylic oxidation sites excluding steroid dienone is 1. The summed E-state index contributed by atoms with van der Waals surface area (Å²) in [5.41, 5.74) is 4.78. The van der Waals surface area contributed by atoms with Gasteiger partial charge in [-0.25, -0.2) is 0 Å². The van der Waals surface area contributed by atoms with E-state index in [4.69, 9.17) is 4.74 Å². The van der Waals surface area contributed by atoms with Gasteiger partial charge >= 0.3 is 0 Å². The van der Waals surface area contributed by atoms with Crippen molar-refractivity contribution in [3.63, 3.8) is 0 Å². The maximum absolute atomic E-state index is 13.1. The van der Waals surface area contributed by atoms with Gasteiger partial charge in [-0.05, 0) is 62.2 Å². The highest BCUT2D eigenvalue weighted by Crippen LogP contribution is 2.32. The smallest absolute Gasteiger partial charge is 0.251 e. The molecule has 6 heteroatoms. The number of rotatable bonds is 8. The molecule has 0 unspecified atom stereocenters. The largest absolute Gasteiger partial charge is 0.497 e. The molecule has 0 radical (unpaired) electrons. The zero-order valence-corrected chi connectivity index (χ0v) is 20.4. The summed E-state index contributed by atoms with van der Waals surface area (Å²) >= 11 is 0. The number of nitrogens with one attached hydrogen (secondary N) is 3. The molecule has 0 aromatic heterocycles. The molecule has 0 spiro atoms. The Morgan fingerprint density at radius 1 is 0.971 bits per heavy atom. The molecule has 3 aromatic carbocycles. The summed E-state index contributed by atoms with van der Waals surface area (Å²) in [5.74, 6) is 0.449. The van der Waals surface area contributed by atoms with Crippen molar-refractivity contribution in [3.8, 4) is 5.75 Å². The number of anilines is 1. The Kier molecular flexibility index (Phi) is 7.20. The molecule has 1 amide bonds. The predicted molar refractivity (Wildman–Crippen MR) is 140 cm³/mol. The quantitative estimate of drug-likeness (QED) is 0.254. The summed E-state index contributed by atoms with van der Waals surface area (Å²) in [6, 6.07) is 22.5. The number of hydrogen-bond donors (Lipinski definition) is 3. The van der Waals surface area contributed by atoms with Crippen molar-refractivity contribution in [2.75, 3.05) is 25.5 Å². The molecule has 6 nitrogen and oxygen atoms in total. The van der Waals surface area contributed by atoms with Crippen LogP contribution in [-0.4, -0.2) is 37.4 Å². The second-order valence-corrected chi connectivity index (χ2v) is 9.26. The predicted octanol–water partition coefficient (Wildman–Crippen LogP) is 4.69. The number of ether oxygens (including phenoxy) is 1. The Balaban J connectivity index is 1.41. The minimum atomic E-state index is -0.176. The van der Waals surface area contributed by atoms with E-state index in [1.807, 2.05) is 42.5 Å². The van der Waals surface area contributed by atoms with E-state index in [1.54, 1.807) is 37.5 Å². The highest BCUT2D eigenvalue weighted by atomic mass is 16.5. The molecule has 0 aliphatic carbocycles. The van der Waals surface area contributed by atoms with Gasteiger partial charge in [-0.1, -0.05) is 36.4 Å². The second kappa shape index (κ2) is 10.5. The average molecular weight is 470 g/mol. The molecule has 0 saturated carbocycles. The van der Waals surface area contributed by atoms with Crippen LogP contribution in [0, 0.1) is 0 Å². The first-order chi connectivity index (χ1) is 16.8. The Morgan fingerprint density at radius 2 is 1.69 bits per heavy atom. The van der Waals surface area contributed by atoms with Gasteiger partial charge in [0.15, 0.2) is 5.78 Å². The number of carbonyl (C=O) groups is 2. The fraction of sp³-hybridized carbons (Fsp3) is 0.241. The van der Waals surface area contributed by atoms with Crippen molar-refractivity contribution in [2.45, 2.75) is 25.8 Å². The molecule has 35 heavy (non-hydrogen) atoms. The standard InChI is InChI=1S/C29H31N3O3/c1-29(2)19-22-13-14-24(35-3)17-25(22)26(32-29)18-27(33)20-9-11-21(12-10-20)28(34)31-16-15-30-23-7-5-4-6-8-23/h4-14,17-18,30,32H,15-16,19H2,1-3H3,(H,31,34)/b26-18-. The Hall–Kier alpha value is -4.06. The van der Waals surface area contributed by atoms with E-state index in [0.717, 1.165) is 29.1 Å². The number of methoxy groups -OCH3 is 1. The number of carbonyl (C=O) groups excluding carboxylic acids is 2. The van der Waals surface area contributed by atoms with Crippen molar-refractivity contribution in [3.05, 3.63) is 101 Å². The van der Waals surface area contributed by atoms with E-state index in [9.17, 15) is 9.59 Å². The van der Waals surface area contributed by atoms with Crippen LogP contribution in [0.3, 0.4) is 0 Å². The van der Waals surface area contributed by atoms with E-state index in [0.29, 0.717) is 24.2 Å². The van der Waals surface area contributed by atoms with Gasteiger partial charge in [0.1, 0.15) is 5.75 Å². The molecule has 3 N–H and O–H groups in total. The molecule has 0 saturated heterocycles. The third kappa shape index (κ3) is 6.09. The van der Waals surface area contributed by atoms with Crippen LogP contribution in [-0.2, 0) is 6.42 Å². The number of para-hydroxylation sites is 1. The monoisotopic (exact) mass is 469 g/mol. The molecule has 180 valence electrons. The topological polar surface area (TPSA) is 79.5 Å². The third-order valence-corrected chi connectivity index (χ3v) is 5.93. The lowest BCUT2D eigenvalue weighted by Gasteiger charge is -2.35. The minimum Gasteiger partial charge on any atom is -0.497 e. The highest BCUT2D eigenvalue weighted by molar-refractivity contribution is 6.09. The molecule has 0 atom stereocenters. The first kappa shape index (κ1) is 24.1. The van der Waals surface area contributed by atoms with Gasteiger partial charge in [0.25, 0.3) is 5.91 Å². The number of hydrogen-bond acceptors (Lipinski definition) is 5. The molecule has 4 rings (SSSR count). The average Bonchev–Trinajstić information content (AvgIpc) is 2.86. The maximum Gasteiger partial charge on any atom is 0.251 e. The van der Waals surface area contributed by atoms with Crippen LogP contribution in [0.25, 0.3) is 5.70 Å². The maximum atomic E-state index is 13.1. The van der Waals surface area contributed by atoms with E-state index in [-0.39, 0.29) is 17.2 Å². The van der Waals surface area contributed by atoms with Gasteiger partial charge in [-0.15, -0.1) is 0 Å². The van der Waals surface area contributed by atoms with E-state index in [1.165, 1.54) is 5.56 Å². The zero-order chi connectivity index (χ0) is 24.8. The minimum absolute atomic E-state index is 0.127. The SMILES string of the molecule is COc1ccc2c(c1)/C(=C/C(=O)c1ccc(C(=O)NCCNc3ccccc3)cc1)NC(C)(C)C2. The molecule has 3 aromatic rings. The van der Waals surface area contributed by atoms with Crippen LogP contribution >= 0.6 is 0 Å². The lowest BCUT2D eigenvalue weighted by Crippen LogP contribution is -2.43. The Morgan fingerprint density at radius 3 is 2.40 bits per heavy atom. The highest BCUT2D eigenvalue weighted by Gasteiger charge is 2.28. The zero-order valence-electron chi connectivity index (χ0n) is 20.4. The van der Waals surface area contributed by atoms with E-state index < -0.39 is 0 Å². The summed E-state index contributed by atoms with van der Waals surface area (Å²) in [4.78, 5) is 25.5. The van der Waals surface area contributed by atoms with Crippen LogP contribution < -0.4 is 20.7 Å². The first-order valence-corrected chi connectivity index (χ1v) is 11.7. The second-order valence-electron chi connectivity index (χ2n) is 9.26.